The summed E-state index contributed by atoms with van der Waals surface area (Å²) in [6, 6.07) is 2.34. The van der Waals surface area contributed by atoms with Crippen molar-refractivity contribution in [3.05, 3.63) is 27.7 Å². The number of halogens is 2. The van der Waals surface area contributed by atoms with Crippen molar-refractivity contribution in [2.24, 2.45) is 0 Å². The lowest BCUT2D eigenvalue weighted by atomic mass is 10.2. The maximum Gasteiger partial charge on any atom is 0.337 e. The number of unbranched alkanes of at least 4 members (excludes halogenated alkanes) is 3. The Morgan fingerprint density at radius 1 is 1.20 bits per heavy atom. The number of hydrogen-bond acceptors (Lipinski definition) is 3. The lowest BCUT2D eigenvalue weighted by Crippen LogP contribution is -2.10. The molecule has 7 heteroatoms. The Morgan fingerprint density at radius 2 is 1.85 bits per heavy atom. The van der Waals surface area contributed by atoms with E-state index >= 15 is 0 Å². The Bertz CT molecular complexity index is 597. The van der Waals surface area contributed by atoms with Crippen LogP contribution >= 0.6 is 23.2 Å². The fourth-order valence-electron chi connectivity index (χ4n) is 1.77. The van der Waals surface area contributed by atoms with Crippen LogP contribution in [-0.4, -0.2) is 25.2 Å². The van der Waals surface area contributed by atoms with Gasteiger partial charge < -0.3 is 5.11 Å². The van der Waals surface area contributed by atoms with Crippen LogP contribution in [0.4, 0.5) is 0 Å². The number of hydrogen-bond donors (Lipinski definition) is 1. The van der Waals surface area contributed by atoms with E-state index in [1.165, 1.54) is 6.07 Å². The molecule has 0 spiro atoms. The molecule has 112 valence electrons. The van der Waals surface area contributed by atoms with Crippen molar-refractivity contribution in [2.45, 2.75) is 37.5 Å². The highest BCUT2D eigenvalue weighted by Gasteiger charge is 2.23. The van der Waals surface area contributed by atoms with Crippen molar-refractivity contribution in [1.29, 1.82) is 0 Å². The van der Waals surface area contributed by atoms with E-state index in [2.05, 4.69) is 0 Å². The summed E-state index contributed by atoms with van der Waals surface area (Å²) in [5, 5.41) is 8.75. The first kappa shape index (κ1) is 17.3. The molecular formula is C13H16Cl2O4S. The Hall–Kier alpha value is -0.780. The molecule has 0 aromatic heterocycles. The highest BCUT2D eigenvalue weighted by molar-refractivity contribution is 7.91. The van der Waals surface area contributed by atoms with E-state index < -0.39 is 15.8 Å². The summed E-state index contributed by atoms with van der Waals surface area (Å²) in [5.41, 5.74) is -0.300. The Kier molecular flexibility index (Phi) is 6.30. The van der Waals surface area contributed by atoms with Crippen LogP contribution < -0.4 is 0 Å². The molecule has 0 saturated heterocycles. The maximum atomic E-state index is 12.2. The van der Waals surface area contributed by atoms with Gasteiger partial charge in [-0.3, -0.25) is 0 Å². The third-order valence-electron chi connectivity index (χ3n) is 2.84. The average Bonchev–Trinajstić information content (AvgIpc) is 2.36. The second-order valence-electron chi connectivity index (χ2n) is 4.45. The molecule has 0 bridgehead atoms. The quantitative estimate of drug-likeness (QED) is 0.761. The molecule has 0 amide bonds. The van der Waals surface area contributed by atoms with E-state index in [1.807, 2.05) is 6.92 Å². The standard InChI is InChI=1S/C13H16Cl2O4S/c1-2-3-4-5-6-20(18,19)11-8-9(14)7-10(12(11)15)13(16)17/h7-8H,2-6H2,1H3,(H,16,17). The van der Waals surface area contributed by atoms with Crippen molar-refractivity contribution in [3.8, 4) is 0 Å². The second-order valence-corrected chi connectivity index (χ2v) is 7.34. The monoisotopic (exact) mass is 338 g/mol. The fourth-order valence-corrected chi connectivity index (χ4v) is 4.09. The molecule has 0 aliphatic rings. The Labute approximate surface area is 128 Å². The molecule has 1 aromatic carbocycles. The average molecular weight is 339 g/mol. The van der Waals surface area contributed by atoms with Gasteiger partial charge in [0.15, 0.2) is 9.84 Å². The van der Waals surface area contributed by atoms with Crippen molar-refractivity contribution in [2.75, 3.05) is 5.75 Å². The van der Waals surface area contributed by atoms with Crippen molar-refractivity contribution in [3.63, 3.8) is 0 Å². The fraction of sp³-hybridized carbons (Fsp3) is 0.462. The molecule has 1 aromatic rings. The summed E-state index contributed by atoms with van der Waals surface area (Å²) in [7, 11) is -3.63. The highest BCUT2D eigenvalue weighted by atomic mass is 35.5. The third-order valence-corrected chi connectivity index (χ3v) is 5.39. The van der Waals surface area contributed by atoms with Gasteiger partial charge in [0.25, 0.3) is 0 Å². The number of aromatic carboxylic acids is 1. The summed E-state index contributed by atoms with van der Waals surface area (Å²) < 4.78 is 24.4. The van der Waals surface area contributed by atoms with Crippen molar-refractivity contribution >= 4 is 39.0 Å². The smallest absolute Gasteiger partial charge is 0.337 e. The molecular weight excluding hydrogens is 323 g/mol. The maximum absolute atomic E-state index is 12.2. The molecule has 0 aliphatic carbocycles. The van der Waals surface area contributed by atoms with Crippen LogP contribution in [0.25, 0.3) is 0 Å². The van der Waals surface area contributed by atoms with Crippen LogP contribution in [0.3, 0.4) is 0 Å². The molecule has 0 unspecified atom stereocenters. The van der Waals surface area contributed by atoms with Gasteiger partial charge in [0.05, 0.1) is 21.2 Å². The number of sulfone groups is 1. The van der Waals surface area contributed by atoms with Crippen molar-refractivity contribution < 1.29 is 18.3 Å². The van der Waals surface area contributed by atoms with E-state index in [1.54, 1.807) is 0 Å². The predicted molar refractivity (Wildman–Crippen MR) is 79.6 cm³/mol. The van der Waals surface area contributed by atoms with Gasteiger partial charge in [-0.1, -0.05) is 49.4 Å². The van der Waals surface area contributed by atoms with E-state index in [4.69, 9.17) is 28.3 Å². The molecule has 20 heavy (non-hydrogen) atoms. The highest BCUT2D eigenvalue weighted by Crippen LogP contribution is 2.30. The van der Waals surface area contributed by atoms with E-state index in [9.17, 15) is 13.2 Å². The van der Waals surface area contributed by atoms with Crippen LogP contribution in [-0.2, 0) is 9.84 Å². The van der Waals surface area contributed by atoms with Gasteiger partial charge in [0, 0.05) is 5.02 Å². The van der Waals surface area contributed by atoms with E-state index in [0.29, 0.717) is 6.42 Å². The largest absolute Gasteiger partial charge is 0.478 e. The minimum absolute atomic E-state index is 0.0407. The third kappa shape index (κ3) is 4.36. The van der Waals surface area contributed by atoms with Gasteiger partial charge in [-0.2, -0.15) is 0 Å². The minimum atomic E-state index is -3.63. The van der Waals surface area contributed by atoms with Gasteiger partial charge in [-0.25, -0.2) is 13.2 Å². The first-order valence-corrected chi connectivity index (χ1v) is 8.65. The minimum Gasteiger partial charge on any atom is -0.478 e. The summed E-state index contributed by atoms with van der Waals surface area (Å²) in [5.74, 6) is -1.37. The van der Waals surface area contributed by atoms with E-state index in [0.717, 1.165) is 25.3 Å². The number of carboxylic acid groups (broad SMARTS) is 1. The predicted octanol–water partition coefficient (Wildman–Crippen LogP) is 4.05. The molecule has 0 saturated carbocycles. The molecule has 1 rings (SSSR count). The first-order valence-electron chi connectivity index (χ1n) is 6.24. The number of carboxylic acids is 1. The van der Waals surface area contributed by atoms with Gasteiger partial charge >= 0.3 is 5.97 Å². The lowest BCUT2D eigenvalue weighted by Gasteiger charge is -2.09. The number of rotatable bonds is 7. The van der Waals surface area contributed by atoms with Crippen LogP contribution in [0.2, 0.25) is 10.0 Å². The lowest BCUT2D eigenvalue weighted by molar-refractivity contribution is 0.0697. The summed E-state index contributed by atoms with van der Waals surface area (Å²) in [4.78, 5) is 10.8. The zero-order chi connectivity index (χ0) is 15.3. The molecule has 0 atom stereocenters. The van der Waals surface area contributed by atoms with Crippen LogP contribution in [0.5, 0.6) is 0 Å². The zero-order valence-electron chi connectivity index (χ0n) is 11.0. The SMILES string of the molecule is CCCCCCS(=O)(=O)c1cc(Cl)cc(C(=O)O)c1Cl. The van der Waals surface area contributed by atoms with Crippen LogP contribution in [0.1, 0.15) is 43.0 Å². The Balaban J connectivity index is 3.09. The van der Waals surface area contributed by atoms with Gasteiger partial charge in [-0.15, -0.1) is 0 Å². The second kappa shape index (κ2) is 7.29. The van der Waals surface area contributed by atoms with Crippen LogP contribution in [0, 0.1) is 0 Å². The molecule has 4 nitrogen and oxygen atoms in total. The number of benzene rings is 1. The van der Waals surface area contributed by atoms with E-state index in [-0.39, 0.29) is 26.3 Å². The molecule has 1 N–H and O–H groups in total. The summed E-state index contributed by atoms with van der Waals surface area (Å²) >= 11 is 11.7. The van der Waals surface area contributed by atoms with Gasteiger partial charge in [0.1, 0.15) is 0 Å². The Morgan fingerprint density at radius 3 is 2.40 bits per heavy atom. The molecule has 0 fully saturated rings. The zero-order valence-corrected chi connectivity index (χ0v) is 13.4. The normalized spacial score (nSPS) is 11.6. The topological polar surface area (TPSA) is 71.4 Å². The van der Waals surface area contributed by atoms with Gasteiger partial charge in [0.2, 0.25) is 0 Å². The summed E-state index contributed by atoms with van der Waals surface area (Å²) in [6.45, 7) is 2.03. The first-order chi connectivity index (χ1) is 9.29. The summed E-state index contributed by atoms with van der Waals surface area (Å²) in [6.07, 6.45) is 3.28. The van der Waals surface area contributed by atoms with Crippen molar-refractivity contribution in [1.82, 2.24) is 0 Å². The molecule has 0 radical (unpaired) electrons. The molecule has 0 aliphatic heterocycles. The number of carbonyl (C=O) groups is 1. The van der Waals surface area contributed by atoms with Gasteiger partial charge in [-0.05, 0) is 18.6 Å². The van der Waals surface area contributed by atoms with Crippen LogP contribution in [0.15, 0.2) is 17.0 Å². The molecule has 0 heterocycles.